The fourth-order valence-electron chi connectivity index (χ4n) is 2.12. The maximum atomic E-state index is 11.7. The minimum Gasteiger partial charge on any atom is -0.483 e. The predicted octanol–water partition coefficient (Wildman–Crippen LogP) is 0.360. The standard InChI is InChI=1S/C19H20N4O4/c20-17(24)13-27-16-9-5-4-8-15(16)12-22-23-19(26)18(25)21-11-10-14-6-2-1-3-7-14/h1-9,12H,10-11,13H2,(H2,20,24)(H,21,25)(H,23,26)/b22-12-. The number of ether oxygens (including phenoxy) is 1. The second kappa shape index (κ2) is 10.3. The third-order valence-electron chi connectivity index (χ3n) is 3.41. The van der Waals surface area contributed by atoms with Crippen molar-refractivity contribution < 1.29 is 19.1 Å². The number of rotatable bonds is 8. The fraction of sp³-hybridized carbons (Fsp3) is 0.158. The molecule has 4 N–H and O–H groups in total. The van der Waals surface area contributed by atoms with Gasteiger partial charge in [-0.3, -0.25) is 14.4 Å². The molecule has 27 heavy (non-hydrogen) atoms. The predicted molar refractivity (Wildman–Crippen MR) is 100 cm³/mol. The number of hydrazone groups is 1. The molecule has 0 aliphatic rings. The number of carbonyl (C=O) groups is 3. The Hall–Kier alpha value is -3.68. The van der Waals surface area contributed by atoms with E-state index in [0.717, 1.165) is 5.56 Å². The van der Waals surface area contributed by atoms with Crippen LogP contribution in [-0.4, -0.2) is 37.1 Å². The van der Waals surface area contributed by atoms with E-state index < -0.39 is 17.7 Å². The summed E-state index contributed by atoms with van der Waals surface area (Å²) in [6.07, 6.45) is 1.93. The van der Waals surface area contributed by atoms with Crippen molar-refractivity contribution in [2.24, 2.45) is 10.8 Å². The van der Waals surface area contributed by atoms with Crippen LogP contribution in [0.4, 0.5) is 0 Å². The fourth-order valence-corrected chi connectivity index (χ4v) is 2.12. The lowest BCUT2D eigenvalue weighted by Crippen LogP contribution is -2.38. The molecule has 0 aromatic heterocycles. The second-order valence-electron chi connectivity index (χ2n) is 5.48. The molecule has 2 aromatic carbocycles. The normalized spacial score (nSPS) is 10.4. The van der Waals surface area contributed by atoms with Crippen molar-refractivity contribution in [1.29, 1.82) is 0 Å². The molecule has 0 aliphatic carbocycles. The highest BCUT2D eigenvalue weighted by Crippen LogP contribution is 2.15. The highest BCUT2D eigenvalue weighted by molar-refractivity contribution is 6.35. The van der Waals surface area contributed by atoms with Gasteiger partial charge in [0, 0.05) is 12.1 Å². The number of hydrogen-bond donors (Lipinski definition) is 3. The number of nitrogens with two attached hydrogens (primary N) is 1. The topological polar surface area (TPSA) is 123 Å². The van der Waals surface area contributed by atoms with E-state index in [9.17, 15) is 14.4 Å². The highest BCUT2D eigenvalue weighted by Gasteiger charge is 2.11. The molecule has 8 heteroatoms. The van der Waals surface area contributed by atoms with Crippen molar-refractivity contribution in [1.82, 2.24) is 10.7 Å². The van der Waals surface area contributed by atoms with Crippen LogP contribution in [0.25, 0.3) is 0 Å². The van der Waals surface area contributed by atoms with Gasteiger partial charge in [0.15, 0.2) is 6.61 Å². The summed E-state index contributed by atoms with van der Waals surface area (Å²) in [6, 6.07) is 16.3. The molecule has 140 valence electrons. The number of carbonyl (C=O) groups excluding carboxylic acids is 3. The van der Waals surface area contributed by atoms with Gasteiger partial charge in [0.1, 0.15) is 5.75 Å². The number of amides is 3. The third kappa shape index (κ3) is 6.99. The molecule has 0 heterocycles. The van der Waals surface area contributed by atoms with Crippen LogP contribution in [-0.2, 0) is 20.8 Å². The minimum atomic E-state index is -0.880. The highest BCUT2D eigenvalue weighted by atomic mass is 16.5. The van der Waals surface area contributed by atoms with Crippen molar-refractivity contribution >= 4 is 23.9 Å². The first-order chi connectivity index (χ1) is 13.1. The largest absolute Gasteiger partial charge is 0.483 e. The van der Waals surface area contributed by atoms with E-state index in [1.54, 1.807) is 24.3 Å². The van der Waals surface area contributed by atoms with E-state index >= 15 is 0 Å². The van der Waals surface area contributed by atoms with Crippen LogP contribution >= 0.6 is 0 Å². The zero-order valence-electron chi connectivity index (χ0n) is 14.6. The Balaban J connectivity index is 1.80. The van der Waals surface area contributed by atoms with Crippen LogP contribution in [0.2, 0.25) is 0 Å². The van der Waals surface area contributed by atoms with Gasteiger partial charge in [-0.2, -0.15) is 5.10 Å². The molecule has 0 fully saturated rings. The molecule has 2 rings (SSSR count). The van der Waals surface area contributed by atoms with Crippen LogP contribution in [0.1, 0.15) is 11.1 Å². The summed E-state index contributed by atoms with van der Waals surface area (Å²) < 4.78 is 5.24. The first-order valence-corrected chi connectivity index (χ1v) is 8.21. The van der Waals surface area contributed by atoms with Crippen LogP contribution < -0.4 is 21.2 Å². The van der Waals surface area contributed by atoms with Crippen LogP contribution in [0.3, 0.4) is 0 Å². The van der Waals surface area contributed by atoms with Gasteiger partial charge in [-0.1, -0.05) is 42.5 Å². The number of para-hydroxylation sites is 1. The van der Waals surface area contributed by atoms with Gasteiger partial charge in [0.25, 0.3) is 5.91 Å². The van der Waals surface area contributed by atoms with Crippen molar-refractivity contribution in [3.05, 3.63) is 65.7 Å². The first kappa shape index (κ1) is 19.6. The Bertz CT molecular complexity index is 821. The van der Waals surface area contributed by atoms with Gasteiger partial charge >= 0.3 is 11.8 Å². The molecule has 0 atom stereocenters. The summed E-state index contributed by atoms with van der Waals surface area (Å²) in [5, 5.41) is 6.26. The summed E-state index contributed by atoms with van der Waals surface area (Å²) in [4.78, 5) is 34.3. The molecule has 0 aliphatic heterocycles. The molecular formula is C19H20N4O4. The monoisotopic (exact) mass is 368 g/mol. The lowest BCUT2D eigenvalue weighted by Gasteiger charge is -2.06. The Morgan fingerprint density at radius 2 is 1.70 bits per heavy atom. The average Bonchev–Trinajstić information content (AvgIpc) is 2.67. The van der Waals surface area contributed by atoms with Gasteiger partial charge in [-0.05, 0) is 24.1 Å². The van der Waals surface area contributed by atoms with Crippen molar-refractivity contribution in [2.75, 3.05) is 13.2 Å². The van der Waals surface area contributed by atoms with Gasteiger partial charge in [0.05, 0.1) is 6.21 Å². The Labute approximate surface area is 156 Å². The summed E-state index contributed by atoms with van der Waals surface area (Å²) in [7, 11) is 0. The van der Waals surface area contributed by atoms with Crippen molar-refractivity contribution in [2.45, 2.75) is 6.42 Å². The minimum absolute atomic E-state index is 0.277. The van der Waals surface area contributed by atoms with Crippen LogP contribution in [0.15, 0.2) is 59.7 Å². The van der Waals surface area contributed by atoms with Gasteiger partial charge in [-0.15, -0.1) is 0 Å². The summed E-state index contributed by atoms with van der Waals surface area (Å²) in [6.45, 7) is 0.0603. The van der Waals surface area contributed by atoms with Gasteiger partial charge in [0.2, 0.25) is 0 Å². The maximum Gasteiger partial charge on any atom is 0.329 e. The smallest absolute Gasteiger partial charge is 0.329 e. The quantitative estimate of drug-likeness (QED) is 0.354. The molecule has 0 spiro atoms. The SMILES string of the molecule is NC(=O)COc1ccccc1/C=N\NC(=O)C(=O)NCCc1ccccc1. The van der Waals surface area contributed by atoms with E-state index in [1.165, 1.54) is 6.21 Å². The Kier molecular flexibility index (Phi) is 7.52. The molecule has 0 saturated heterocycles. The summed E-state index contributed by atoms with van der Waals surface area (Å²) in [5.41, 5.74) is 8.76. The number of nitrogens with zero attached hydrogens (tertiary/aromatic N) is 1. The summed E-state index contributed by atoms with van der Waals surface area (Å²) in [5.74, 6) is -1.89. The third-order valence-corrected chi connectivity index (χ3v) is 3.41. The summed E-state index contributed by atoms with van der Waals surface area (Å²) >= 11 is 0. The molecule has 0 bridgehead atoms. The second-order valence-corrected chi connectivity index (χ2v) is 5.48. The van der Waals surface area contributed by atoms with E-state index in [-0.39, 0.29) is 6.61 Å². The van der Waals surface area contributed by atoms with E-state index in [2.05, 4.69) is 15.8 Å². The van der Waals surface area contributed by atoms with E-state index in [4.69, 9.17) is 10.5 Å². The molecule has 8 nitrogen and oxygen atoms in total. The van der Waals surface area contributed by atoms with E-state index in [0.29, 0.717) is 24.3 Å². The number of benzene rings is 2. The molecular weight excluding hydrogens is 348 g/mol. The zero-order valence-corrected chi connectivity index (χ0v) is 14.6. The van der Waals surface area contributed by atoms with Gasteiger partial charge in [-0.25, -0.2) is 5.43 Å². The molecule has 0 unspecified atom stereocenters. The molecule has 3 amide bonds. The number of primary amides is 1. The average molecular weight is 368 g/mol. The van der Waals surface area contributed by atoms with E-state index in [1.807, 2.05) is 30.3 Å². The zero-order chi connectivity index (χ0) is 19.5. The Morgan fingerprint density at radius 1 is 1.00 bits per heavy atom. The van der Waals surface area contributed by atoms with Crippen LogP contribution in [0.5, 0.6) is 5.75 Å². The molecule has 2 aromatic rings. The molecule has 0 radical (unpaired) electrons. The lowest BCUT2D eigenvalue weighted by molar-refractivity contribution is -0.139. The van der Waals surface area contributed by atoms with Crippen molar-refractivity contribution in [3.8, 4) is 5.75 Å². The van der Waals surface area contributed by atoms with Crippen LogP contribution in [0, 0.1) is 0 Å². The number of hydrogen-bond acceptors (Lipinski definition) is 5. The number of nitrogens with one attached hydrogen (secondary N) is 2. The Morgan fingerprint density at radius 3 is 2.44 bits per heavy atom. The van der Waals surface area contributed by atoms with Gasteiger partial charge < -0.3 is 15.8 Å². The lowest BCUT2D eigenvalue weighted by atomic mass is 10.1. The maximum absolute atomic E-state index is 11.7. The van der Waals surface area contributed by atoms with Crippen molar-refractivity contribution in [3.63, 3.8) is 0 Å². The first-order valence-electron chi connectivity index (χ1n) is 8.21. The molecule has 0 saturated carbocycles.